The molecule has 2 aliphatic rings. The second-order valence-corrected chi connectivity index (χ2v) is 7.92. The van der Waals surface area contributed by atoms with Crippen LogP contribution in [0.2, 0.25) is 0 Å². The first-order valence-corrected chi connectivity index (χ1v) is 9.51. The Morgan fingerprint density at radius 1 is 1.19 bits per heavy atom. The first-order chi connectivity index (χ1) is 13.0. The molecule has 2 aromatic rings. The van der Waals surface area contributed by atoms with E-state index in [1.807, 2.05) is 4.90 Å². The summed E-state index contributed by atoms with van der Waals surface area (Å²) in [6.45, 7) is 4.58. The molecule has 1 atom stereocenters. The molecule has 1 saturated carbocycles. The summed E-state index contributed by atoms with van der Waals surface area (Å²) < 4.78 is 0. The third-order valence-electron chi connectivity index (χ3n) is 5.68. The molecule has 1 aromatic carbocycles. The van der Waals surface area contributed by atoms with Crippen LogP contribution < -0.4 is 5.73 Å². The van der Waals surface area contributed by atoms with Gasteiger partial charge in [-0.15, -0.1) is 10.2 Å². The summed E-state index contributed by atoms with van der Waals surface area (Å²) in [7, 11) is 0. The molecular formula is C21H25N5O. The number of nitrogens with zero attached hydrogens (tertiary/aromatic N) is 4. The molecule has 140 valence electrons. The number of aromatic nitrogens is 2. The van der Waals surface area contributed by atoms with E-state index in [0.29, 0.717) is 17.4 Å². The summed E-state index contributed by atoms with van der Waals surface area (Å²) in [5.74, 6) is 0.772. The molecule has 6 heteroatoms. The van der Waals surface area contributed by atoms with Gasteiger partial charge in [-0.3, -0.25) is 9.79 Å². The fraction of sp³-hybridized carbons (Fsp3) is 0.429. The van der Waals surface area contributed by atoms with Crippen molar-refractivity contribution in [3.8, 4) is 0 Å². The summed E-state index contributed by atoms with van der Waals surface area (Å²) in [4.78, 5) is 19.3. The zero-order valence-corrected chi connectivity index (χ0v) is 15.6. The number of hydrogen-bond acceptors (Lipinski definition) is 5. The number of anilines is 1. The Labute approximate surface area is 159 Å². The first-order valence-electron chi connectivity index (χ1n) is 9.51. The number of nitrogens with two attached hydrogens (primary N) is 1. The fourth-order valence-electron chi connectivity index (χ4n) is 3.64. The van der Waals surface area contributed by atoms with E-state index in [-0.39, 0.29) is 11.3 Å². The zero-order valence-electron chi connectivity index (χ0n) is 15.6. The molecule has 2 heterocycles. The van der Waals surface area contributed by atoms with Gasteiger partial charge < -0.3 is 10.6 Å². The van der Waals surface area contributed by atoms with Crippen LogP contribution in [0.25, 0.3) is 0 Å². The lowest BCUT2D eigenvalue weighted by atomic mass is 9.80. The highest BCUT2D eigenvalue weighted by molar-refractivity contribution is 6.05. The minimum absolute atomic E-state index is 0.0674. The second kappa shape index (κ2) is 7.10. The summed E-state index contributed by atoms with van der Waals surface area (Å²) in [5, 5.41) is 7.68. The van der Waals surface area contributed by atoms with Gasteiger partial charge in [0.2, 0.25) is 0 Å². The molecule has 1 aliphatic carbocycles. The first kappa shape index (κ1) is 17.6. The van der Waals surface area contributed by atoms with Crippen LogP contribution in [0.3, 0.4) is 0 Å². The van der Waals surface area contributed by atoms with Gasteiger partial charge in [-0.25, -0.2) is 0 Å². The van der Waals surface area contributed by atoms with Crippen molar-refractivity contribution in [2.24, 2.45) is 10.4 Å². The Balaban J connectivity index is 1.31. The number of amides is 1. The molecule has 0 radical (unpaired) electrons. The molecule has 6 nitrogen and oxygen atoms in total. The average molecular weight is 363 g/mol. The van der Waals surface area contributed by atoms with Crippen LogP contribution in [0.1, 0.15) is 48.2 Å². The Hall–Kier alpha value is -2.76. The maximum absolute atomic E-state index is 12.6. The summed E-state index contributed by atoms with van der Waals surface area (Å²) in [6, 6.07) is 13.8. The molecule has 1 unspecified atom stereocenters. The van der Waals surface area contributed by atoms with Crippen molar-refractivity contribution >= 4 is 17.4 Å². The van der Waals surface area contributed by atoms with Crippen LogP contribution in [0, 0.1) is 5.41 Å². The third kappa shape index (κ3) is 3.99. The van der Waals surface area contributed by atoms with Gasteiger partial charge in [0, 0.05) is 31.3 Å². The van der Waals surface area contributed by atoms with Gasteiger partial charge in [0.25, 0.3) is 5.91 Å². The SMILES string of the molecule is CC1(CN=C2CC2c2ccccc2)CCN(C(=O)c2ccc(N)nn2)CC1. The second-order valence-electron chi connectivity index (χ2n) is 7.92. The van der Waals surface area contributed by atoms with Crippen molar-refractivity contribution in [1.82, 2.24) is 15.1 Å². The number of hydrogen-bond donors (Lipinski definition) is 1. The molecule has 0 bridgehead atoms. The van der Waals surface area contributed by atoms with E-state index in [1.54, 1.807) is 12.1 Å². The Bertz CT molecular complexity index is 839. The van der Waals surface area contributed by atoms with E-state index in [9.17, 15) is 4.79 Å². The van der Waals surface area contributed by atoms with Crippen LogP contribution in [0.15, 0.2) is 47.5 Å². The van der Waals surface area contributed by atoms with Crippen LogP contribution in [0.4, 0.5) is 5.82 Å². The monoisotopic (exact) mass is 363 g/mol. The molecular weight excluding hydrogens is 338 g/mol. The number of piperidine rings is 1. The van der Waals surface area contributed by atoms with Crippen molar-refractivity contribution in [3.63, 3.8) is 0 Å². The Morgan fingerprint density at radius 2 is 1.93 bits per heavy atom. The summed E-state index contributed by atoms with van der Waals surface area (Å²) in [6.07, 6.45) is 2.99. The maximum atomic E-state index is 12.6. The number of likely N-dealkylation sites (tertiary alicyclic amines) is 1. The Kier molecular flexibility index (Phi) is 4.64. The minimum Gasteiger partial charge on any atom is -0.382 e. The predicted octanol–water partition coefficient (Wildman–Crippen LogP) is 2.93. The molecule has 1 amide bonds. The lowest BCUT2D eigenvalue weighted by Gasteiger charge is -2.38. The van der Waals surface area contributed by atoms with Crippen LogP contribution in [0.5, 0.6) is 0 Å². The molecule has 2 fully saturated rings. The van der Waals surface area contributed by atoms with Crippen LogP contribution >= 0.6 is 0 Å². The number of aliphatic imine (C=N–C) groups is 1. The maximum Gasteiger partial charge on any atom is 0.274 e. The lowest BCUT2D eigenvalue weighted by molar-refractivity contribution is 0.0611. The molecule has 27 heavy (non-hydrogen) atoms. The van der Waals surface area contributed by atoms with E-state index in [2.05, 4.69) is 47.5 Å². The number of benzene rings is 1. The summed E-state index contributed by atoms with van der Waals surface area (Å²) in [5.41, 5.74) is 8.74. The van der Waals surface area contributed by atoms with Crippen LogP contribution in [-0.2, 0) is 0 Å². The van der Waals surface area contributed by atoms with Gasteiger partial charge >= 0.3 is 0 Å². The van der Waals surface area contributed by atoms with Gasteiger partial charge in [-0.1, -0.05) is 37.3 Å². The fourth-order valence-corrected chi connectivity index (χ4v) is 3.64. The van der Waals surface area contributed by atoms with Crippen LogP contribution in [-0.4, -0.2) is 46.4 Å². The highest BCUT2D eigenvalue weighted by atomic mass is 16.2. The lowest BCUT2D eigenvalue weighted by Crippen LogP contribution is -2.43. The molecule has 1 aromatic heterocycles. The van der Waals surface area contributed by atoms with Crippen molar-refractivity contribution in [3.05, 3.63) is 53.7 Å². The number of nitrogen functional groups attached to an aromatic ring is 1. The van der Waals surface area contributed by atoms with Gasteiger partial charge in [0.05, 0.1) is 0 Å². The normalized spacial score (nSPS) is 22.6. The van der Waals surface area contributed by atoms with Crippen molar-refractivity contribution in [2.45, 2.75) is 32.1 Å². The highest BCUT2D eigenvalue weighted by Gasteiger charge is 2.36. The van der Waals surface area contributed by atoms with Gasteiger partial charge in [0.15, 0.2) is 5.69 Å². The average Bonchev–Trinajstić information content (AvgIpc) is 3.48. The van der Waals surface area contributed by atoms with Crippen molar-refractivity contribution in [1.29, 1.82) is 0 Å². The number of rotatable bonds is 4. The molecule has 1 aliphatic heterocycles. The molecule has 1 saturated heterocycles. The Morgan fingerprint density at radius 3 is 2.59 bits per heavy atom. The number of carbonyl (C=O) groups excluding carboxylic acids is 1. The smallest absolute Gasteiger partial charge is 0.274 e. The van der Waals surface area contributed by atoms with E-state index in [0.717, 1.165) is 38.9 Å². The molecule has 4 rings (SSSR count). The number of carbonyl (C=O) groups is 1. The standard InChI is InChI=1S/C21H25N5O/c1-21(14-23-18-13-16(18)15-5-3-2-4-6-15)9-11-26(12-10-21)20(27)17-7-8-19(22)25-24-17/h2-8,16H,9-14H2,1H3,(H2,22,25). The highest BCUT2D eigenvalue weighted by Crippen LogP contribution is 2.39. The molecule has 0 spiro atoms. The summed E-state index contributed by atoms with van der Waals surface area (Å²) >= 11 is 0. The third-order valence-corrected chi connectivity index (χ3v) is 5.68. The van der Waals surface area contributed by atoms with Gasteiger partial charge in [0.1, 0.15) is 5.82 Å². The predicted molar refractivity (Wildman–Crippen MR) is 106 cm³/mol. The molecule has 2 N–H and O–H groups in total. The topological polar surface area (TPSA) is 84.5 Å². The quantitative estimate of drug-likeness (QED) is 0.905. The van der Waals surface area contributed by atoms with E-state index >= 15 is 0 Å². The zero-order chi connectivity index (χ0) is 18.9. The largest absolute Gasteiger partial charge is 0.382 e. The van der Waals surface area contributed by atoms with Crippen molar-refractivity contribution in [2.75, 3.05) is 25.4 Å². The minimum atomic E-state index is -0.0674. The van der Waals surface area contributed by atoms with Gasteiger partial charge in [-0.2, -0.15) is 0 Å². The van der Waals surface area contributed by atoms with E-state index in [1.165, 1.54) is 11.3 Å². The van der Waals surface area contributed by atoms with E-state index < -0.39 is 0 Å². The van der Waals surface area contributed by atoms with Crippen molar-refractivity contribution < 1.29 is 4.79 Å². The van der Waals surface area contributed by atoms with E-state index in [4.69, 9.17) is 10.7 Å². The van der Waals surface area contributed by atoms with Gasteiger partial charge in [-0.05, 0) is 42.4 Å².